The fraction of sp³-hybridized carbons (Fsp3) is 0.778. The van der Waals surface area contributed by atoms with E-state index in [0.717, 1.165) is 48.2 Å². The van der Waals surface area contributed by atoms with Crippen molar-refractivity contribution in [1.29, 1.82) is 0 Å². The lowest BCUT2D eigenvalue weighted by Crippen LogP contribution is -2.62. The Kier molecular flexibility index (Phi) is 9.93. The molecule has 1 aromatic rings. The third-order valence-electron chi connectivity index (χ3n) is 12.5. The van der Waals surface area contributed by atoms with Crippen LogP contribution in [0.1, 0.15) is 134 Å². The lowest BCUT2D eigenvalue weighted by Gasteiger charge is -2.62. The van der Waals surface area contributed by atoms with E-state index in [-0.39, 0.29) is 16.7 Å². The number of halogens is 1. The first-order valence-electron chi connectivity index (χ1n) is 17.0. The van der Waals surface area contributed by atoms with E-state index in [1.165, 1.54) is 70.6 Å². The topological polar surface area (TPSA) is 40.6 Å². The number of amides is 2. The fourth-order valence-electron chi connectivity index (χ4n) is 10.2. The molecule has 0 spiro atoms. The van der Waals surface area contributed by atoms with Gasteiger partial charge in [0.2, 0.25) is 5.91 Å². The molecule has 3 saturated carbocycles. The smallest absolute Gasteiger partial charge is 0.254 e. The van der Waals surface area contributed by atoms with Crippen molar-refractivity contribution < 1.29 is 9.59 Å². The number of carbonyl (C=O) groups is 2. The molecule has 2 amide bonds. The number of benzene rings is 1. The molecule has 1 aromatic carbocycles. The summed E-state index contributed by atoms with van der Waals surface area (Å²) in [5, 5.41) is 0. The van der Waals surface area contributed by atoms with E-state index in [1.54, 1.807) is 0 Å². The summed E-state index contributed by atoms with van der Waals surface area (Å²) in [6, 6.07) is 8.76. The Balaban J connectivity index is 1.31. The number of carbonyl (C=O) groups excluding carboxylic acids is 2. The second-order valence-corrected chi connectivity index (χ2v) is 15.5. The SMILES string of the molecule is CCCCCCCCCCN(C(=O)c1ccc(Br)cc1)[C@H]1CC[C@H]2[C@@H]3CC[C@H]4N(C)C(=O)CC[C@]4(C)[C@H]3CC[C@]12C. The zero-order chi connectivity index (χ0) is 29.2. The van der Waals surface area contributed by atoms with Crippen molar-refractivity contribution in [2.24, 2.45) is 28.6 Å². The first-order valence-corrected chi connectivity index (χ1v) is 17.8. The standard InChI is InChI=1S/C36H55BrN2O2/c1-5-6-7-8-9-10-11-12-25-39(34(41)26-13-15-27(37)16-14-26)32-20-18-29-28-17-19-31-35(2,24-22-33(40)38(31)4)30(28)21-23-36(29,32)3/h13-16,28-32H,5-12,17-25H2,1-4H3/t28-,29-,30-,31+,32-,35+,36-/m0/s1. The van der Waals surface area contributed by atoms with Crippen molar-refractivity contribution in [1.82, 2.24) is 9.80 Å². The zero-order valence-corrected chi connectivity index (χ0v) is 27.9. The molecule has 0 aromatic heterocycles. The van der Waals surface area contributed by atoms with Crippen LogP contribution in [0.5, 0.6) is 0 Å². The van der Waals surface area contributed by atoms with E-state index < -0.39 is 0 Å². The second-order valence-electron chi connectivity index (χ2n) is 14.6. The molecule has 5 heteroatoms. The Morgan fingerprint density at radius 3 is 2.24 bits per heavy atom. The van der Waals surface area contributed by atoms with Crippen LogP contribution < -0.4 is 0 Å². The van der Waals surface area contributed by atoms with Crippen molar-refractivity contribution in [3.63, 3.8) is 0 Å². The molecular weight excluding hydrogens is 572 g/mol. The monoisotopic (exact) mass is 626 g/mol. The largest absolute Gasteiger partial charge is 0.342 e. The maximum absolute atomic E-state index is 14.2. The van der Waals surface area contributed by atoms with Crippen LogP contribution in [0.2, 0.25) is 0 Å². The molecule has 4 nitrogen and oxygen atoms in total. The van der Waals surface area contributed by atoms with Gasteiger partial charge in [-0.3, -0.25) is 9.59 Å². The summed E-state index contributed by atoms with van der Waals surface area (Å²) in [4.78, 5) is 31.2. The number of unbranched alkanes of at least 4 members (excludes halogenated alkanes) is 7. The number of hydrogen-bond donors (Lipinski definition) is 0. The Hall–Kier alpha value is -1.36. The minimum absolute atomic E-state index is 0.186. The van der Waals surface area contributed by atoms with Gasteiger partial charge in [-0.15, -0.1) is 0 Å². The van der Waals surface area contributed by atoms with Crippen LogP contribution >= 0.6 is 15.9 Å². The van der Waals surface area contributed by atoms with Gasteiger partial charge in [-0.05, 0) is 104 Å². The van der Waals surface area contributed by atoms with Crippen LogP contribution in [0.25, 0.3) is 0 Å². The molecule has 0 N–H and O–H groups in total. The van der Waals surface area contributed by atoms with E-state index in [4.69, 9.17) is 0 Å². The minimum Gasteiger partial charge on any atom is -0.342 e. The molecule has 5 rings (SSSR count). The number of likely N-dealkylation sites (tertiary alicyclic amines) is 1. The number of nitrogens with zero attached hydrogens (tertiary/aromatic N) is 2. The molecule has 4 fully saturated rings. The van der Waals surface area contributed by atoms with E-state index in [9.17, 15) is 9.59 Å². The summed E-state index contributed by atoms with van der Waals surface area (Å²) in [5.74, 6) is 2.70. The summed E-state index contributed by atoms with van der Waals surface area (Å²) >= 11 is 3.55. The van der Waals surface area contributed by atoms with Crippen molar-refractivity contribution in [3.8, 4) is 0 Å². The van der Waals surface area contributed by atoms with Crippen molar-refractivity contribution in [3.05, 3.63) is 34.3 Å². The molecule has 1 saturated heterocycles. The Labute approximate surface area is 258 Å². The Morgan fingerprint density at radius 1 is 0.878 bits per heavy atom. The molecule has 228 valence electrons. The van der Waals surface area contributed by atoms with Gasteiger partial charge in [0.05, 0.1) is 0 Å². The molecule has 1 heterocycles. The van der Waals surface area contributed by atoms with Gasteiger partial charge in [0.15, 0.2) is 0 Å². The van der Waals surface area contributed by atoms with Crippen molar-refractivity contribution in [2.75, 3.05) is 13.6 Å². The van der Waals surface area contributed by atoms with Crippen LogP contribution in [0.4, 0.5) is 0 Å². The van der Waals surface area contributed by atoms with Crippen molar-refractivity contribution in [2.45, 2.75) is 136 Å². The van der Waals surface area contributed by atoms with E-state index in [1.807, 2.05) is 24.3 Å². The lowest BCUT2D eigenvalue weighted by atomic mass is 9.47. The number of hydrogen-bond acceptors (Lipinski definition) is 2. The zero-order valence-electron chi connectivity index (χ0n) is 26.3. The number of fused-ring (bicyclic) bond motifs is 5. The highest BCUT2D eigenvalue weighted by atomic mass is 79.9. The highest BCUT2D eigenvalue weighted by Crippen LogP contribution is 2.65. The average Bonchev–Trinajstić information content (AvgIpc) is 3.31. The fourth-order valence-corrected chi connectivity index (χ4v) is 10.5. The summed E-state index contributed by atoms with van der Waals surface area (Å²) in [7, 11) is 2.06. The number of rotatable bonds is 11. The molecule has 1 aliphatic heterocycles. The van der Waals surface area contributed by atoms with Crippen LogP contribution in [0.15, 0.2) is 28.7 Å². The van der Waals surface area contributed by atoms with Gasteiger partial charge in [-0.2, -0.15) is 0 Å². The second kappa shape index (κ2) is 13.1. The third kappa shape index (κ3) is 6.04. The molecule has 0 bridgehead atoms. The van der Waals surface area contributed by atoms with Gasteiger partial charge in [0.1, 0.15) is 0 Å². The highest BCUT2D eigenvalue weighted by Gasteiger charge is 2.62. The summed E-state index contributed by atoms with van der Waals surface area (Å²) in [6.07, 6.45) is 19.3. The molecule has 41 heavy (non-hydrogen) atoms. The molecule has 7 atom stereocenters. The normalized spacial score (nSPS) is 34.6. The van der Waals surface area contributed by atoms with Crippen LogP contribution in [0.3, 0.4) is 0 Å². The van der Waals surface area contributed by atoms with Gasteiger partial charge in [-0.1, -0.05) is 81.6 Å². The van der Waals surface area contributed by atoms with Crippen LogP contribution in [-0.4, -0.2) is 47.3 Å². The predicted octanol–water partition coefficient (Wildman–Crippen LogP) is 9.26. The highest BCUT2D eigenvalue weighted by molar-refractivity contribution is 9.10. The quantitative estimate of drug-likeness (QED) is 0.230. The van der Waals surface area contributed by atoms with Crippen LogP contribution in [-0.2, 0) is 4.79 Å². The van der Waals surface area contributed by atoms with Gasteiger partial charge < -0.3 is 9.80 Å². The van der Waals surface area contributed by atoms with Crippen molar-refractivity contribution >= 4 is 27.7 Å². The molecule has 0 unspecified atom stereocenters. The van der Waals surface area contributed by atoms with Gasteiger partial charge in [0.25, 0.3) is 5.91 Å². The molecular formula is C36H55BrN2O2. The maximum Gasteiger partial charge on any atom is 0.254 e. The first kappa shape index (κ1) is 31.1. The summed E-state index contributed by atoms with van der Waals surface area (Å²) in [6.45, 7) is 8.22. The van der Waals surface area contributed by atoms with Gasteiger partial charge in [0, 0.05) is 42.1 Å². The van der Waals surface area contributed by atoms with E-state index >= 15 is 0 Å². The minimum atomic E-state index is 0.186. The average molecular weight is 628 g/mol. The predicted molar refractivity (Wildman–Crippen MR) is 172 cm³/mol. The Bertz CT molecular complexity index is 1060. The van der Waals surface area contributed by atoms with Crippen LogP contribution in [0, 0.1) is 28.6 Å². The lowest BCUT2D eigenvalue weighted by molar-refractivity contribution is -0.158. The molecule has 0 radical (unpaired) electrons. The third-order valence-corrected chi connectivity index (χ3v) is 13.0. The number of piperidine rings is 1. The maximum atomic E-state index is 14.2. The van der Waals surface area contributed by atoms with Gasteiger partial charge >= 0.3 is 0 Å². The van der Waals surface area contributed by atoms with E-state index in [0.29, 0.717) is 36.2 Å². The first-order chi connectivity index (χ1) is 19.7. The Morgan fingerprint density at radius 2 is 1.54 bits per heavy atom. The van der Waals surface area contributed by atoms with Gasteiger partial charge in [-0.25, -0.2) is 0 Å². The molecule has 3 aliphatic carbocycles. The van der Waals surface area contributed by atoms with E-state index in [2.05, 4.69) is 53.5 Å². The molecule has 4 aliphatic rings. The summed E-state index contributed by atoms with van der Waals surface area (Å²) in [5.41, 5.74) is 1.26. The summed E-state index contributed by atoms with van der Waals surface area (Å²) < 4.78 is 1.02.